The first-order valence-electron chi connectivity index (χ1n) is 9.44. The molecule has 1 atom stereocenters. The smallest absolute Gasteiger partial charge is 0.269 e. The van der Waals surface area contributed by atoms with E-state index in [2.05, 4.69) is 0 Å². The van der Waals surface area contributed by atoms with Crippen LogP contribution in [0, 0.1) is 16.0 Å². The van der Waals surface area contributed by atoms with E-state index in [1.807, 2.05) is 16.7 Å². The van der Waals surface area contributed by atoms with Gasteiger partial charge >= 0.3 is 0 Å². The number of benzene rings is 1. The Morgan fingerprint density at radius 1 is 1.07 bits per heavy atom. The third-order valence-electron chi connectivity index (χ3n) is 5.28. The van der Waals surface area contributed by atoms with Crippen LogP contribution in [0.3, 0.4) is 0 Å². The third kappa shape index (κ3) is 4.80. The van der Waals surface area contributed by atoms with Crippen LogP contribution in [0.15, 0.2) is 29.2 Å². The highest BCUT2D eigenvalue weighted by atomic mass is 32.2. The Balaban J connectivity index is 1.49. The summed E-state index contributed by atoms with van der Waals surface area (Å²) in [6, 6.07) is 6.25. The first-order chi connectivity index (χ1) is 13.0. The van der Waals surface area contributed by atoms with Gasteiger partial charge in [0, 0.05) is 49.1 Å². The number of non-ortho nitro benzene ring substituents is 1. The molecule has 0 saturated carbocycles. The zero-order valence-electron chi connectivity index (χ0n) is 15.5. The maximum atomic E-state index is 12.7. The second kappa shape index (κ2) is 8.73. The number of amides is 2. The van der Waals surface area contributed by atoms with Gasteiger partial charge in [-0.2, -0.15) is 0 Å². The molecule has 0 radical (unpaired) electrons. The summed E-state index contributed by atoms with van der Waals surface area (Å²) in [7, 11) is 0. The molecule has 0 N–H and O–H groups in total. The van der Waals surface area contributed by atoms with Crippen LogP contribution in [0.2, 0.25) is 0 Å². The summed E-state index contributed by atoms with van der Waals surface area (Å²) in [6.45, 7) is 4.85. The number of rotatable bonds is 5. The van der Waals surface area contributed by atoms with Crippen molar-refractivity contribution < 1.29 is 14.5 Å². The molecule has 2 amide bonds. The van der Waals surface area contributed by atoms with E-state index in [1.165, 1.54) is 23.9 Å². The second-order valence-electron chi connectivity index (χ2n) is 7.14. The third-order valence-corrected chi connectivity index (χ3v) is 6.38. The maximum absolute atomic E-state index is 12.7. The van der Waals surface area contributed by atoms with E-state index >= 15 is 0 Å². The van der Waals surface area contributed by atoms with E-state index < -0.39 is 4.92 Å². The van der Waals surface area contributed by atoms with Crippen LogP contribution in [0.4, 0.5) is 5.69 Å². The molecule has 0 spiro atoms. The largest absolute Gasteiger partial charge is 0.342 e. The Bertz CT molecular complexity index is 695. The average molecular weight is 391 g/mol. The fourth-order valence-corrected chi connectivity index (χ4v) is 4.65. The van der Waals surface area contributed by atoms with Crippen molar-refractivity contribution in [3.63, 3.8) is 0 Å². The van der Waals surface area contributed by atoms with E-state index in [-0.39, 0.29) is 28.7 Å². The number of thioether (sulfide) groups is 1. The summed E-state index contributed by atoms with van der Waals surface area (Å²) in [5.41, 5.74) is 0.0445. The lowest BCUT2D eigenvalue weighted by atomic mass is 9.95. The molecule has 3 rings (SSSR count). The van der Waals surface area contributed by atoms with Gasteiger partial charge in [0.2, 0.25) is 11.8 Å². The van der Waals surface area contributed by atoms with Crippen molar-refractivity contribution >= 4 is 29.3 Å². The topological polar surface area (TPSA) is 83.8 Å². The Morgan fingerprint density at radius 3 is 2.22 bits per heavy atom. The molecular formula is C19H25N3O4S. The molecule has 2 saturated heterocycles. The fraction of sp³-hybridized carbons (Fsp3) is 0.579. The predicted octanol–water partition coefficient (Wildman–Crippen LogP) is 2.94. The van der Waals surface area contributed by atoms with Gasteiger partial charge in [0.05, 0.1) is 10.2 Å². The fourth-order valence-electron chi connectivity index (χ4n) is 3.70. The highest BCUT2D eigenvalue weighted by molar-refractivity contribution is 8.00. The standard InChI is InChI=1S/C19H25N3O4S/c1-14(27-17-6-4-16(5-7-17)22(25)26)18(23)21-12-8-15(9-13-21)19(24)20-10-2-3-11-20/h4-7,14-15H,2-3,8-13H2,1H3. The highest BCUT2D eigenvalue weighted by Gasteiger charge is 2.32. The van der Waals surface area contributed by atoms with E-state index in [0.29, 0.717) is 13.1 Å². The summed E-state index contributed by atoms with van der Waals surface area (Å²) in [4.78, 5) is 40.1. The van der Waals surface area contributed by atoms with Crippen molar-refractivity contribution in [2.24, 2.45) is 5.92 Å². The van der Waals surface area contributed by atoms with Crippen molar-refractivity contribution in [2.45, 2.75) is 42.8 Å². The molecular weight excluding hydrogens is 366 g/mol. The lowest BCUT2D eigenvalue weighted by Crippen LogP contribution is -2.45. The van der Waals surface area contributed by atoms with Crippen molar-refractivity contribution in [2.75, 3.05) is 26.2 Å². The zero-order chi connectivity index (χ0) is 19.4. The number of hydrogen-bond acceptors (Lipinski definition) is 5. The van der Waals surface area contributed by atoms with Crippen LogP contribution in [-0.2, 0) is 9.59 Å². The monoisotopic (exact) mass is 391 g/mol. The molecule has 8 heteroatoms. The van der Waals surface area contributed by atoms with Gasteiger partial charge in [0.1, 0.15) is 0 Å². The van der Waals surface area contributed by atoms with Crippen LogP contribution in [0.25, 0.3) is 0 Å². The summed E-state index contributed by atoms with van der Waals surface area (Å²) in [6.07, 6.45) is 3.66. The highest BCUT2D eigenvalue weighted by Crippen LogP contribution is 2.28. The minimum atomic E-state index is -0.434. The van der Waals surface area contributed by atoms with Crippen LogP contribution in [0.1, 0.15) is 32.6 Å². The molecule has 1 aromatic carbocycles. The number of piperidine rings is 1. The molecule has 0 aromatic heterocycles. The number of carbonyl (C=O) groups excluding carboxylic acids is 2. The Hall–Kier alpha value is -2.09. The molecule has 146 valence electrons. The average Bonchev–Trinajstić information content (AvgIpc) is 3.22. The molecule has 1 aromatic rings. The van der Waals surface area contributed by atoms with Gasteiger partial charge < -0.3 is 9.80 Å². The predicted molar refractivity (Wildman–Crippen MR) is 104 cm³/mol. The Kier molecular flexibility index (Phi) is 6.36. The van der Waals surface area contributed by atoms with Gasteiger partial charge in [-0.05, 0) is 44.7 Å². The lowest BCUT2D eigenvalue weighted by Gasteiger charge is -2.34. The lowest BCUT2D eigenvalue weighted by molar-refractivity contribution is -0.384. The van der Waals surface area contributed by atoms with Crippen molar-refractivity contribution in [3.8, 4) is 0 Å². The van der Waals surface area contributed by atoms with Gasteiger partial charge in [0.25, 0.3) is 5.69 Å². The van der Waals surface area contributed by atoms with E-state index in [9.17, 15) is 19.7 Å². The first kappa shape index (κ1) is 19.7. The number of nitrogens with zero attached hydrogens (tertiary/aromatic N) is 3. The molecule has 0 bridgehead atoms. The molecule has 27 heavy (non-hydrogen) atoms. The zero-order valence-corrected chi connectivity index (χ0v) is 16.3. The summed E-state index contributed by atoms with van der Waals surface area (Å²) in [5, 5.41) is 10.5. The second-order valence-corrected chi connectivity index (χ2v) is 8.56. The van der Waals surface area contributed by atoms with Gasteiger partial charge in [0.15, 0.2) is 0 Å². The molecule has 2 fully saturated rings. The number of hydrogen-bond donors (Lipinski definition) is 0. The summed E-state index contributed by atoms with van der Waals surface area (Å²) >= 11 is 1.40. The molecule has 2 aliphatic rings. The molecule has 1 unspecified atom stereocenters. The number of nitro groups is 1. The normalized spacial score (nSPS) is 19.1. The van der Waals surface area contributed by atoms with Crippen LogP contribution in [0.5, 0.6) is 0 Å². The Labute approximate surface area is 163 Å². The van der Waals surface area contributed by atoms with Gasteiger partial charge in [-0.15, -0.1) is 11.8 Å². The molecule has 2 aliphatic heterocycles. The Morgan fingerprint density at radius 2 is 1.67 bits per heavy atom. The summed E-state index contributed by atoms with van der Waals surface area (Å²) in [5.74, 6) is 0.364. The van der Waals surface area contributed by atoms with Gasteiger partial charge in [-0.25, -0.2) is 0 Å². The number of nitro benzene ring substituents is 1. The van der Waals surface area contributed by atoms with E-state index in [4.69, 9.17) is 0 Å². The molecule has 7 nitrogen and oxygen atoms in total. The minimum absolute atomic E-state index is 0.0445. The quantitative estimate of drug-likeness (QED) is 0.438. The molecule has 2 heterocycles. The van der Waals surface area contributed by atoms with Crippen molar-refractivity contribution in [1.29, 1.82) is 0 Å². The van der Waals surface area contributed by atoms with Crippen molar-refractivity contribution in [1.82, 2.24) is 9.80 Å². The number of carbonyl (C=O) groups is 2. The van der Waals surface area contributed by atoms with Crippen molar-refractivity contribution in [3.05, 3.63) is 34.4 Å². The maximum Gasteiger partial charge on any atom is 0.269 e. The van der Waals surface area contributed by atoms with Crippen LogP contribution in [-0.4, -0.2) is 58.0 Å². The summed E-state index contributed by atoms with van der Waals surface area (Å²) < 4.78 is 0. The van der Waals surface area contributed by atoms with E-state index in [1.54, 1.807) is 12.1 Å². The van der Waals surface area contributed by atoms with Gasteiger partial charge in [-0.1, -0.05) is 0 Å². The van der Waals surface area contributed by atoms with Crippen LogP contribution < -0.4 is 0 Å². The molecule has 0 aliphatic carbocycles. The minimum Gasteiger partial charge on any atom is -0.342 e. The van der Waals surface area contributed by atoms with Gasteiger partial charge in [-0.3, -0.25) is 19.7 Å². The SMILES string of the molecule is CC(Sc1ccc([N+](=O)[O-])cc1)C(=O)N1CCC(C(=O)N2CCCC2)CC1. The van der Waals surface area contributed by atoms with Crippen LogP contribution >= 0.6 is 11.8 Å². The number of likely N-dealkylation sites (tertiary alicyclic amines) is 2. The first-order valence-corrected chi connectivity index (χ1v) is 10.3. The van der Waals surface area contributed by atoms with E-state index in [0.717, 1.165) is 43.7 Å².